The Morgan fingerprint density at radius 2 is 1.58 bits per heavy atom. The Balaban J connectivity index is 1.80. The van der Waals surface area contributed by atoms with Crippen molar-refractivity contribution in [3.8, 4) is 16.9 Å². The van der Waals surface area contributed by atoms with E-state index in [9.17, 15) is 35.5 Å². The van der Waals surface area contributed by atoms with Gasteiger partial charge in [-0.05, 0) is 77.9 Å². The number of methoxy groups -OCH3 is 1. The van der Waals surface area contributed by atoms with Crippen LogP contribution < -0.4 is 4.74 Å². The van der Waals surface area contributed by atoms with Crippen LogP contribution in [0.3, 0.4) is 0 Å². The van der Waals surface area contributed by atoms with E-state index in [0.29, 0.717) is 40.0 Å². The zero-order chi connectivity index (χ0) is 32.0. The number of rotatable bonds is 7. The number of amides is 1. The lowest BCUT2D eigenvalue weighted by molar-refractivity contribution is -0.143. The Morgan fingerprint density at radius 3 is 2.09 bits per heavy atom. The third kappa shape index (κ3) is 6.50. The van der Waals surface area contributed by atoms with Gasteiger partial charge in [0.2, 0.25) is 0 Å². The van der Waals surface area contributed by atoms with Crippen molar-refractivity contribution in [1.29, 1.82) is 0 Å². The van der Waals surface area contributed by atoms with Gasteiger partial charge in [-0.25, -0.2) is 9.18 Å². The summed E-state index contributed by atoms with van der Waals surface area (Å²) < 4.78 is 107. The smallest absolute Gasteiger partial charge is 0.416 e. The SMILES string of the molecule is C=C(C)c1ccc(-c2cc(C(C)C)c(F)cc2OC)c(CN2C(=O)O[C@H](c3cc(C(F)(F)F)cc(C(F)(F)F)c3)C2C)c1. The van der Waals surface area contributed by atoms with Gasteiger partial charge in [0.25, 0.3) is 0 Å². The molecular weight excluding hydrogens is 579 g/mol. The molecule has 3 aromatic carbocycles. The largest absolute Gasteiger partial charge is 0.496 e. The summed E-state index contributed by atoms with van der Waals surface area (Å²) in [6.07, 6.45) is -12.4. The summed E-state index contributed by atoms with van der Waals surface area (Å²) in [5.41, 5.74) is 0.136. The second-order valence-electron chi connectivity index (χ2n) is 10.9. The second-order valence-corrected chi connectivity index (χ2v) is 10.9. The van der Waals surface area contributed by atoms with E-state index in [0.717, 1.165) is 5.56 Å². The van der Waals surface area contributed by atoms with Gasteiger partial charge in [-0.2, -0.15) is 26.3 Å². The number of allylic oxidation sites excluding steroid dienone is 1. The molecule has 1 amide bonds. The normalized spacial score (nSPS) is 17.4. The first-order chi connectivity index (χ1) is 19.9. The van der Waals surface area contributed by atoms with E-state index in [2.05, 4.69) is 6.58 Å². The van der Waals surface area contributed by atoms with Crippen LogP contribution in [-0.2, 0) is 23.6 Å². The molecular formula is C32H30F7NO3. The fraction of sp³-hybridized carbons (Fsp3) is 0.344. The maximum absolute atomic E-state index is 14.8. The van der Waals surface area contributed by atoms with Gasteiger partial charge in [0, 0.05) is 11.6 Å². The maximum atomic E-state index is 14.8. The monoisotopic (exact) mass is 609 g/mol. The van der Waals surface area contributed by atoms with Crippen molar-refractivity contribution >= 4 is 11.7 Å². The van der Waals surface area contributed by atoms with Crippen molar-refractivity contribution in [3.05, 3.63) is 94.3 Å². The van der Waals surface area contributed by atoms with Crippen LogP contribution in [0, 0.1) is 5.82 Å². The zero-order valence-corrected chi connectivity index (χ0v) is 24.1. The average molecular weight is 610 g/mol. The first-order valence-electron chi connectivity index (χ1n) is 13.4. The Labute approximate surface area is 244 Å². The number of nitrogens with zero attached hydrogens (tertiary/aromatic N) is 1. The molecule has 43 heavy (non-hydrogen) atoms. The van der Waals surface area contributed by atoms with Crippen molar-refractivity contribution in [3.63, 3.8) is 0 Å². The highest BCUT2D eigenvalue weighted by Crippen LogP contribution is 2.43. The molecule has 0 N–H and O–H groups in total. The van der Waals surface area contributed by atoms with Gasteiger partial charge < -0.3 is 9.47 Å². The van der Waals surface area contributed by atoms with Gasteiger partial charge in [0.05, 0.1) is 30.8 Å². The van der Waals surface area contributed by atoms with Crippen LogP contribution in [-0.4, -0.2) is 24.1 Å². The summed E-state index contributed by atoms with van der Waals surface area (Å²) in [6, 6.07) is 8.49. The predicted octanol–water partition coefficient (Wildman–Crippen LogP) is 9.78. The molecule has 11 heteroatoms. The van der Waals surface area contributed by atoms with E-state index in [4.69, 9.17) is 9.47 Å². The van der Waals surface area contributed by atoms with Crippen LogP contribution >= 0.6 is 0 Å². The van der Waals surface area contributed by atoms with Crippen molar-refractivity contribution < 1.29 is 45.0 Å². The Hall–Kier alpha value is -4.02. The van der Waals surface area contributed by atoms with Crippen molar-refractivity contribution in [2.45, 2.75) is 64.7 Å². The lowest BCUT2D eigenvalue weighted by atomic mass is 9.91. The zero-order valence-electron chi connectivity index (χ0n) is 24.1. The molecule has 4 nitrogen and oxygen atoms in total. The fourth-order valence-corrected chi connectivity index (χ4v) is 5.13. The highest BCUT2D eigenvalue weighted by atomic mass is 19.4. The molecule has 0 saturated carbocycles. The topological polar surface area (TPSA) is 38.8 Å². The number of alkyl halides is 6. The maximum Gasteiger partial charge on any atom is 0.416 e. The molecule has 2 atom stereocenters. The Kier molecular flexibility index (Phi) is 8.59. The van der Waals surface area contributed by atoms with Gasteiger partial charge in [0.15, 0.2) is 0 Å². The molecule has 0 spiro atoms. The van der Waals surface area contributed by atoms with Gasteiger partial charge in [-0.3, -0.25) is 4.90 Å². The van der Waals surface area contributed by atoms with Gasteiger partial charge in [0.1, 0.15) is 17.7 Å². The van der Waals surface area contributed by atoms with Gasteiger partial charge in [-0.1, -0.05) is 38.1 Å². The van der Waals surface area contributed by atoms with E-state index in [1.54, 1.807) is 31.2 Å². The summed E-state index contributed by atoms with van der Waals surface area (Å²) in [6.45, 7) is 10.8. The lowest BCUT2D eigenvalue weighted by Crippen LogP contribution is -2.31. The van der Waals surface area contributed by atoms with Gasteiger partial charge in [-0.15, -0.1) is 0 Å². The Bertz CT molecular complexity index is 1530. The minimum atomic E-state index is -5.05. The number of carbonyl (C=O) groups excluding carboxylic acids is 1. The van der Waals surface area contributed by atoms with Crippen LogP contribution in [0.2, 0.25) is 0 Å². The van der Waals surface area contributed by atoms with Crippen LogP contribution in [0.15, 0.2) is 55.1 Å². The predicted molar refractivity (Wildman–Crippen MR) is 148 cm³/mol. The molecule has 0 aliphatic carbocycles. The molecule has 0 aromatic heterocycles. The Morgan fingerprint density at radius 1 is 0.977 bits per heavy atom. The number of hydrogen-bond donors (Lipinski definition) is 0. The van der Waals surface area contributed by atoms with Crippen LogP contribution in [0.1, 0.15) is 73.1 Å². The number of ether oxygens (including phenoxy) is 2. The third-order valence-corrected chi connectivity index (χ3v) is 7.50. The first-order valence-corrected chi connectivity index (χ1v) is 13.4. The summed E-state index contributed by atoms with van der Waals surface area (Å²) >= 11 is 0. The van der Waals surface area contributed by atoms with Crippen molar-refractivity contribution in [2.75, 3.05) is 7.11 Å². The van der Waals surface area contributed by atoms with E-state index in [-0.39, 0.29) is 24.3 Å². The molecule has 1 saturated heterocycles. The number of cyclic esters (lactones) is 1. The number of carbonyl (C=O) groups is 1. The molecule has 1 heterocycles. The lowest BCUT2D eigenvalue weighted by Gasteiger charge is -2.24. The summed E-state index contributed by atoms with van der Waals surface area (Å²) in [5, 5.41) is 0. The number of halogens is 7. The minimum absolute atomic E-state index is 0.0274. The summed E-state index contributed by atoms with van der Waals surface area (Å²) in [5.74, 6) is -0.370. The fourth-order valence-electron chi connectivity index (χ4n) is 5.13. The quantitative estimate of drug-likeness (QED) is 0.250. The molecule has 1 unspecified atom stereocenters. The molecule has 0 bridgehead atoms. The number of benzene rings is 3. The third-order valence-electron chi connectivity index (χ3n) is 7.50. The molecule has 3 aromatic rings. The molecule has 0 radical (unpaired) electrons. The van der Waals surface area contributed by atoms with E-state index in [1.165, 1.54) is 25.0 Å². The summed E-state index contributed by atoms with van der Waals surface area (Å²) in [7, 11) is 1.39. The second kappa shape index (κ2) is 11.6. The van der Waals surface area contributed by atoms with E-state index < -0.39 is 53.1 Å². The minimum Gasteiger partial charge on any atom is -0.496 e. The van der Waals surface area contributed by atoms with Gasteiger partial charge >= 0.3 is 18.4 Å². The molecule has 230 valence electrons. The highest BCUT2D eigenvalue weighted by molar-refractivity contribution is 5.78. The van der Waals surface area contributed by atoms with Crippen LogP contribution in [0.5, 0.6) is 5.75 Å². The first kappa shape index (κ1) is 31.9. The van der Waals surface area contributed by atoms with E-state index in [1.807, 2.05) is 13.8 Å². The van der Waals surface area contributed by atoms with Crippen molar-refractivity contribution in [2.24, 2.45) is 0 Å². The van der Waals surface area contributed by atoms with Crippen molar-refractivity contribution in [1.82, 2.24) is 4.90 Å². The molecule has 1 fully saturated rings. The standard InChI is InChI=1S/C32H30F7NO3/c1-16(2)19-7-8-24(26-13-25(17(3)4)27(33)14-28(26)42-6)21(9-19)15-40-18(5)29(43-30(40)41)20-10-22(31(34,35)36)12-23(11-20)32(37,38)39/h7-14,17-18,29H,1,15H2,2-6H3/t18?,29-/m0/s1. The average Bonchev–Trinajstić information content (AvgIpc) is 3.19. The van der Waals surface area contributed by atoms with E-state index >= 15 is 0 Å². The number of hydrogen-bond acceptors (Lipinski definition) is 3. The highest BCUT2D eigenvalue weighted by Gasteiger charge is 2.43. The summed E-state index contributed by atoms with van der Waals surface area (Å²) in [4.78, 5) is 14.3. The van der Waals surface area contributed by atoms with Crippen LogP contribution in [0.4, 0.5) is 35.5 Å². The van der Waals surface area contributed by atoms with Crippen LogP contribution in [0.25, 0.3) is 16.7 Å². The molecule has 1 aliphatic heterocycles. The molecule has 1 aliphatic rings. The molecule has 4 rings (SSSR count).